The molecule has 0 saturated heterocycles. The van der Waals surface area contributed by atoms with Crippen molar-refractivity contribution >= 4 is 0 Å². The van der Waals surface area contributed by atoms with Crippen molar-refractivity contribution in [3.63, 3.8) is 0 Å². The molecule has 2 N–H and O–H groups in total. The molecule has 2 saturated carbocycles. The lowest BCUT2D eigenvalue weighted by Crippen LogP contribution is -2.47. The summed E-state index contributed by atoms with van der Waals surface area (Å²) in [5.74, 6) is 0. The van der Waals surface area contributed by atoms with Crippen molar-refractivity contribution in [2.75, 3.05) is 32.8 Å². The second-order valence-corrected chi connectivity index (χ2v) is 7.02. The Kier molecular flexibility index (Phi) is 6.79. The molecule has 0 amide bonds. The molecule has 2 fully saturated rings. The predicted molar refractivity (Wildman–Crippen MR) is 85.0 cm³/mol. The SMILES string of the molecule is CCCNCC1(CN(CCO)C2CCCC2)CCCC1. The Morgan fingerprint density at radius 3 is 2.45 bits per heavy atom. The van der Waals surface area contributed by atoms with Gasteiger partial charge in [-0.05, 0) is 44.1 Å². The average molecular weight is 282 g/mol. The summed E-state index contributed by atoms with van der Waals surface area (Å²) in [6.45, 7) is 6.95. The van der Waals surface area contributed by atoms with Crippen molar-refractivity contribution in [1.82, 2.24) is 10.2 Å². The van der Waals surface area contributed by atoms with Gasteiger partial charge in [0.2, 0.25) is 0 Å². The van der Waals surface area contributed by atoms with Crippen LogP contribution in [-0.4, -0.2) is 48.8 Å². The highest BCUT2D eigenvalue weighted by molar-refractivity contribution is 4.91. The Labute approximate surface area is 125 Å². The van der Waals surface area contributed by atoms with E-state index in [1.165, 1.54) is 70.9 Å². The summed E-state index contributed by atoms with van der Waals surface area (Å²) in [6.07, 6.45) is 12.2. The number of nitrogens with zero attached hydrogens (tertiary/aromatic N) is 1. The Bertz CT molecular complexity index is 258. The maximum Gasteiger partial charge on any atom is 0.0558 e. The minimum absolute atomic E-state index is 0.314. The van der Waals surface area contributed by atoms with Gasteiger partial charge >= 0.3 is 0 Å². The Balaban J connectivity index is 1.92. The molecule has 0 radical (unpaired) electrons. The first kappa shape index (κ1) is 16.3. The largest absolute Gasteiger partial charge is 0.395 e. The van der Waals surface area contributed by atoms with E-state index in [1.807, 2.05) is 0 Å². The number of aliphatic hydroxyl groups excluding tert-OH is 1. The van der Waals surface area contributed by atoms with Gasteiger partial charge in [-0.1, -0.05) is 32.6 Å². The Hall–Kier alpha value is -0.120. The van der Waals surface area contributed by atoms with Crippen molar-refractivity contribution in [1.29, 1.82) is 0 Å². The van der Waals surface area contributed by atoms with Crippen LogP contribution in [0.25, 0.3) is 0 Å². The fourth-order valence-corrected chi connectivity index (χ4v) is 4.27. The molecule has 0 atom stereocenters. The van der Waals surface area contributed by atoms with Gasteiger partial charge in [0.25, 0.3) is 0 Å². The van der Waals surface area contributed by atoms with E-state index in [-0.39, 0.29) is 0 Å². The summed E-state index contributed by atoms with van der Waals surface area (Å²) in [4.78, 5) is 2.62. The fourth-order valence-electron chi connectivity index (χ4n) is 4.27. The molecule has 2 aliphatic rings. The van der Waals surface area contributed by atoms with E-state index in [1.54, 1.807) is 0 Å². The lowest BCUT2D eigenvalue weighted by atomic mass is 9.84. The van der Waals surface area contributed by atoms with Gasteiger partial charge in [0.05, 0.1) is 6.61 Å². The van der Waals surface area contributed by atoms with Crippen molar-refractivity contribution < 1.29 is 5.11 Å². The van der Waals surface area contributed by atoms with Crippen LogP contribution in [-0.2, 0) is 0 Å². The van der Waals surface area contributed by atoms with Crippen LogP contribution in [0.15, 0.2) is 0 Å². The molecule has 0 aromatic rings. The molecule has 0 aromatic heterocycles. The van der Waals surface area contributed by atoms with Crippen LogP contribution in [0.2, 0.25) is 0 Å². The molecule has 3 heteroatoms. The van der Waals surface area contributed by atoms with Crippen LogP contribution in [0.3, 0.4) is 0 Å². The molecule has 118 valence electrons. The molecule has 0 aliphatic heterocycles. The molecule has 3 nitrogen and oxygen atoms in total. The van der Waals surface area contributed by atoms with Crippen LogP contribution in [0.5, 0.6) is 0 Å². The van der Waals surface area contributed by atoms with E-state index in [9.17, 15) is 5.11 Å². The van der Waals surface area contributed by atoms with E-state index >= 15 is 0 Å². The highest BCUT2D eigenvalue weighted by Crippen LogP contribution is 2.39. The minimum Gasteiger partial charge on any atom is -0.395 e. The van der Waals surface area contributed by atoms with Crippen molar-refractivity contribution in [2.45, 2.75) is 70.8 Å². The summed E-state index contributed by atoms with van der Waals surface area (Å²) >= 11 is 0. The van der Waals surface area contributed by atoms with Gasteiger partial charge in [-0.3, -0.25) is 4.90 Å². The van der Waals surface area contributed by atoms with Gasteiger partial charge in [-0.25, -0.2) is 0 Å². The summed E-state index contributed by atoms with van der Waals surface area (Å²) in [5.41, 5.74) is 0.479. The van der Waals surface area contributed by atoms with Crippen molar-refractivity contribution in [2.24, 2.45) is 5.41 Å². The van der Waals surface area contributed by atoms with Gasteiger partial charge in [0.15, 0.2) is 0 Å². The molecule has 0 aromatic carbocycles. The van der Waals surface area contributed by atoms with Crippen LogP contribution in [0.4, 0.5) is 0 Å². The first-order chi connectivity index (χ1) is 9.79. The quantitative estimate of drug-likeness (QED) is 0.638. The maximum absolute atomic E-state index is 9.41. The maximum atomic E-state index is 9.41. The zero-order chi connectivity index (χ0) is 14.3. The second-order valence-electron chi connectivity index (χ2n) is 7.02. The zero-order valence-corrected chi connectivity index (χ0v) is 13.4. The normalized spacial score (nSPS) is 22.9. The number of aliphatic hydroxyl groups is 1. The third-order valence-corrected chi connectivity index (χ3v) is 5.36. The van der Waals surface area contributed by atoms with E-state index in [0.717, 1.165) is 19.1 Å². The molecule has 2 rings (SSSR count). The third-order valence-electron chi connectivity index (χ3n) is 5.36. The highest BCUT2D eigenvalue weighted by atomic mass is 16.3. The third kappa shape index (κ3) is 4.44. The van der Waals surface area contributed by atoms with Crippen molar-refractivity contribution in [3.8, 4) is 0 Å². The molecule has 0 spiro atoms. The minimum atomic E-state index is 0.314. The summed E-state index contributed by atoms with van der Waals surface area (Å²) < 4.78 is 0. The van der Waals surface area contributed by atoms with E-state index < -0.39 is 0 Å². The van der Waals surface area contributed by atoms with Gasteiger partial charge in [0, 0.05) is 25.7 Å². The first-order valence-electron chi connectivity index (χ1n) is 8.85. The molecule has 0 heterocycles. The van der Waals surface area contributed by atoms with Gasteiger partial charge in [0.1, 0.15) is 0 Å². The van der Waals surface area contributed by atoms with Gasteiger partial charge in [-0.15, -0.1) is 0 Å². The fraction of sp³-hybridized carbons (Fsp3) is 1.00. The Morgan fingerprint density at radius 2 is 1.85 bits per heavy atom. The van der Waals surface area contributed by atoms with Crippen molar-refractivity contribution in [3.05, 3.63) is 0 Å². The predicted octanol–water partition coefficient (Wildman–Crippen LogP) is 2.78. The summed E-state index contributed by atoms with van der Waals surface area (Å²) in [5, 5.41) is 13.1. The van der Waals surface area contributed by atoms with Crippen LogP contribution < -0.4 is 5.32 Å². The Morgan fingerprint density at radius 1 is 1.15 bits per heavy atom. The van der Waals surface area contributed by atoms with E-state index in [0.29, 0.717) is 12.0 Å². The number of hydrogen-bond donors (Lipinski definition) is 2. The average Bonchev–Trinajstić information content (AvgIpc) is 3.10. The topological polar surface area (TPSA) is 35.5 Å². The smallest absolute Gasteiger partial charge is 0.0558 e. The lowest BCUT2D eigenvalue weighted by molar-refractivity contribution is 0.0893. The first-order valence-corrected chi connectivity index (χ1v) is 8.85. The van der Waals surface area contributed by atoms with Gasteiger partial charge < -0.3 is 10.4 Å². The number of rotatable bonds is 9. The van der Waals surface area contributed by atoms with E-state index in [4.69, 9.17) is 0 Å². The molecular weight excluding hydrogens is 248 g/mol. The van der Waals surface area contributed by atoms with Crippen LogP contribution in [0, 0.1) is 5.41 Å². The van der Waals surface area contributed by atoms with E-state index in [2.05, 4.69) is 17.1 Å². The number of nitrogens with one attached hydrogen (secondary N) is 1. The van der Waals surface area contributed by atoms with Crippen LogP contribution in [0.1, 0.15) is 64.7 Å². The highest BCUT2D eigenvalue weighted by Gasteiger charge is 2.37. The summed E-state index contributed by atoms with van der Waals surface area (Å²) in [6, 6.07) is 0.741. The lowest BCUT2D eigenvalue weighted by Gasteiger charge is -2.38. The van der Waals surface area contributed by atoms with Gasteiger partial charge in [-0.2, -0.15) is 0 Å². The molecule has 0 bridgehead atoms. The molecule has 0 unspecified atom stereocenters. The summed E-state index contributed by atoms with van der Waals surface area (Å²) in [7, 11) is 0. The van der Waals surface area contributed by atoms with Crippen LogP contribution >= 0.6 is 0 Å². The molecular formula is C17H34N2O. The standard InChI is InChI=1S/C17H34N2O/c1-2-11-18-14-17(9-5-6-10-17)15-19(12-13-20)16-7-3-4-8-16/h16,18,20H,2-15H2,1H3. The monoisotopic (exact) mass is 282 g/mol. The molecule has 2 aliphatic carbocycles. The molecule has 20 heavy (non-hydrogen) atoms. The zero-order valence-electron chi connectivity index (χ0n) is 13.4. The second kappa shape index (κ2) is 8.35. The number of hydrogen-bond acceptors (Lipinski definition) is 3.